The summed E-state index contributed by atoms with van der Waals surface area (Å²) in [5.41, 5.74) is 4.32. The van der Waals surface area contributed by atoms with Crippen LogP contribution >= 0.6 is 0 Å². The van der Waals surface area contributed by atoms with Gasteiger partial charge in [-0.3, -0.25) is 4.79 Å². The number of hydrogen-bond donors (Lipinski definition) is 2. The van der Waals surface area contributed by atoms with E-state index in [1.807, 2.05) is 20.8 Å². The highest BCUT2D eigenvalue weighted by molar-refractivity contribution is 6.19. The van der Waals surface area contributed by atoms with Gasteiger partial charge in [-0.05, 0) is 0 Å². The molecule has 6 nitrogen and oxygen atoms in total. The average molecular weight is 287 g/mol. The molecule has 2 atom stereocenters. The fourth-order valence-electron chi connectivity index (χ4n) is 3.11. The molecule has 0 saturated carbocycles. The Morgan fingerprint density at radius 3 is 2.57 bits per heavy atom. The van der Waals surface area contributed by atoms with E-state index in [1.165, 1.54) is 0 Å². The van der Waals surface area contributed by atoms with E-state index in [1.54, 1.807) is 24.3 Å². The molecular weight excluding hydrogens is 270 g/mol. The molecule has 1 aromatic carbocycles. The number of Topliss-reactive ketones (excluding diaryl/α,β-unsaturated/α-hetero) is 1. The first-order valence-corrected chi connectivity index (χ1v) is 6.73. The Balaban J connectivity index is 2.27. The first kappa shape index (κ1) is 13.8. The Morgan fingerprint density at radius 2 is 2.00 bits per heavy atom. The van der Waals surface area contributed by atoms with Gasteiger partial charge in [0, 0.05) is 16.5 Å². The van der Waals surface area contributed by atoms with E-state index in [0.717, 1.165) is 5.01 Å². The summed E-state index contributed by atoms with van der Waals surface area (Å²) < 4.78 is 0. The van der Waals surface area contributed by atoms with E-state index in [0.29, 0.717) is 16.8 Å². The van der Waals surface area contributed by atoms with Crippen molar-refractivity contribution in [3.63, 3.8) is 0 Å². The summed E-state index contributed by atoms with van der Waals surface area (Å²) >= 11 is 0. The van der Waals surface area contributed by atoms with Crippen molar-refractivity contribution in [1.82, 2.24) is 5.01 Å². The highest BCUT2D eigenvalue weighted by Crippen LogP contribution is 2.50. The minimum Gasteiger partial charge on any atom is -0.364 e. The zero-order valence-corrected chi connectivity index (χ0v) is 12.1. The number of urea groups is 1. The monoisotopic (exact) mass is 287 g/mol. The average Bonchev–Trinajstić information content (AvgIpc) is 2.82. The van der Waals surface area contributed by atoms with Gasteiger partial charge in [0.25, 0.3) is 0 Å². The van der Waals surface area contributed by atoms with Crippen molar-refractivity contribution < 1.29 is 14.7 Å². The fourth-order valence-corrected chi connectivity index (χ4v) is 3.11. The summed E-state index contributed by atoms with van der Waals surface area (Å²) in [5.74, 6) is -1.13. The lowest BCUT2D eigenvalue weighted by Gasteiger charge is -2.31. The standard InChI is InChI=1S/C15H17N3O3/c1-14(2,3)12-10-11(19)8-6-4-5-7-9(8)15(10,21)18(17-12)13(16)20/h4-7,10,21H,1-3H3,(H2,16,20)/t10-,15+/m1/s1. The Labute approximate surface area is 122 Å². The van der Waals surface area contributed by atoms with Crippen molar-refractivity contribution in [3.05, 3.63) is 35.4 Å². The third-order valence-electron chi connectivity index (χ3n) is 4.03. The third-order valence-corrected chi connectivity index (χ3v) is 4.03. The van der Waals surface area contributed by atoms with Gasteiger partial charge in [-0.15, -0.1) is 0 Å². The molecular formula is C15H17N3O3. The molecule has 0 fully saturated rings. The number of hydrogen-bond acceptors (Lipinski definition) is 4. The maximum absolute atomic E-state index is 12.7. The topological polar surface area (TPSA) is 96.0 Å². The fraction of sp³-hybridized carbons (Fsp3) is 0.400. The van der Waals surface area contributed by atoms with Gasteiger partial charge in [0.1, 0.15) is 5.92 Å². The van der Waals surface area contributed by atoms with E-state index < -0.39 is 23.1 Å². The number of aliphatic hydroxyl groups is 1. The summed E-state index contributed by atoms with van der Waals surface area (Å²) in [5, 5.41) is 16.1. The van der Waals surface area contributed by atoms with Crippen molar-refractivity contribution >= 4 is 17.5 Å². The lowest BCUT2D eigenvalue weighted by Crippen LogP contribution is -2.49. The molecule has 1 aliphatic carbocycles. The molecule has 1 aliphatic heterocycles. The Kier molecular flexibility index (Phi) is 2.57. The van der Waals surface area contributed by atoms with Crippen LogP contribution in [0.1, 0.15) is 36.7 Å². The summed E-state index contributed by atoms with van der Waals surface area (Å²) in [6, 6.07) is 5.83. The van der Waals surface area contributed by atoms with Gasteiger partial charge >= 0.3 is 6.03 Å². The highest BCUT2D eigenvalue weighted by atomic mass is 16.3. The van der Waals surface area contributed by atoms with E-state index in [4.69, 9.17) is 5.73 Å². The molecule has 0 spiro atoms. The van der Waals surface area contributed by atoms with Crippen LogP contribution in [0.2, 0.25) is 0 Å². The molecule has 21 heavy (non-hydrogen) atoms. The molecule has 0 unspecified atom stereocenters. The second-order valence-corrected chi connectivity index (χ2v) is 6.45. The van der Waals surface area contributed by atoms with Gasteiger partial charge in [-0.25, -0.2) is 4.79 Å². The third kappa shape index (κ3) is 1.59. The smallest absolute Gasteiger partial charge is 0.338 e. The van der Waals surface area contributed by atoms with Gasteiger partial charge in [0.15, 0.2) is 5.78 Å². The zero-order chi connectivity index (χ0) is 15.6. The second kappa shape index (κ2) is 3.92. The summed E-state index contributed by atoms with van der Waals surface area (Å²) in [7, 11) is 0. The number of rotatable bonds is 0. The van der Waals surface area contributed by atoms with E-state index >= 15 is 0 Å². The number of nitrogens with zero attached hydrogens (tertiary/aromatic N) is 2. The quantitative estimate of drug-likeness (QED) is 0.755. The highest BCUT2D eigenvalue weighted by Gasteiger charge is 2.63. The number of primary amides is 1. The van der Waals surface area contributed by atoms with Crippen LogP contribution in [-0.2, 0) is 5.72 Å². The zero-order valence-electron chi connectivity index (χ0n) is 12.1. The van der Waals surface area contributed by atoms with Gasteiger partial charge in [-0.1, -0.05) is 45.0 Å². The van der Waals surface area contributed by atoms with Crippen molar-refractivity contribution in [2.24, 2.45) is 22.2 Å². The van der Waals surface area contributed by atoms with E-state index in [2.05, 4.69) is 5.10 Å². The molecule has 3 N–H and O–H groups in total. The Bertz CT molecular complexity index is 690. The number of nitrogens with two attached hydrogens (primary N) is 1. The summed E-state index contributed by atoms with van der Waals surface area (Å²) in [4.78, 5) is 24.4. The first-order chi connectivity index (χ1) is 9.69. The van der Waals surface area contributed by atoms with Gasteiger partial charge < -0.3 is 10.8 Å². The van der Waals surface area contributed by atoms with E-state index in [-0.39, 0.29) is 5.78 Å². The van der Waals surface area contributed by atoms with Crippen molar-refractivity contribution in [3.8, 4) is 0 Å². The maximum Gasteiger partial charge on any atom is 0.338 e. The molecule has 1 aromatic rings. The van der Waals surface area contributed by atoms with Crippen LogP contribution < -0.4 is 5.73 Å². The molecule has 0 bridgehead atoms. The molecule has 110 valence electrons. The lowest BCUT2D eigenvalue weighted by molar-refractivity contribution is -0.0838. The summed E-state index contributed by atoms with van der Waals surface area (Å²) in [6.07, 6.45) is 0. The number of benzene rings is 1. The van der Waals surface area contributed by atoms with Crippen LogP contribution in [0, 0.1) is 11.3 Å². The van der Waals surface area contributed by atoms with Crippen molar-refractivity contribution in [2.45, 2.75) is 26.5 Å². The lowest BCUT2D eigenvalue weighted by atomic mass is 9.78. The molecule has 0 saturated heterocycles. The minimum absolute atomic E-state index is 0.231. The number of amides is 2. The van der Waals surface area contributed by atoms with Gasteiger partial charge in [0.2, 0.25) is 5.72 Å². The van der Waals surface area contributed by atoms with Gasteiger partial charge in [-0.2, -0.15) is 10.1 Å². The van der Waals surface area contributed by atoms with E-state index in [9.17, 15) is 14.7 Å². The van der Waals surface area contributed by atoms with Gasteiger partial charge in [0.05, 0.1) is 5.71 Å². The van der Waals surface area contributed by atoms with Crippen LogP contribution in [0.15, 0.2) is 29.4 Å². The molecule has 6 heteroatoms. The van der Waals surface area contributed by atoms with Crippen LogP contribution in [0.3, 0.4) is 0 Å². The Hall–Kier alpha value is -2.21. The molecule has 1 heterocycles. The Morgan fingerprint density at radius 1 is 1.38 bits per heavy atom. The van der Waals surface area contributed by atoms with Crippen LogP contribution in [0.5, 0.6) is 0 Å². The number of fused-ring (bicyclic) bond motifs is 3. The van der Waals surface area contributed by atoms with Crippen LogP contribution in [-0.4, -0.2) is 27.6 Å². The number of carbonyl (C=O) groups is 2. The normalized spacial score (nSPS) is 27.4. The molecule has 0 aromatic heterocycles. The second-order valence-electron chi connectivity index (χ2n) is 6.45. The maximum atomic E-state index is 12.7. The minimum atomic E-state index is -1.82. The largest absolute Gasteiger partial charge is 0.364 e. The number of carbonyl (C=O) groups excluding carboxylic acids is 2. The number of hydrazone groups is 1. The molecule has 2 aliphatic rings. The van der Waals surface area contributed by atoms with Crippen LogP contribution in [0.4, 0.5) is 4.79 Å². The molecule has 3 rings (SSSR count). The molecule has 0 radical (unpaired) electrons. The SMILES string of the molecule is CC(C)(C)C1=NN(C(N)=O)[C@]2(O)c3ccccc3C(=O)[C@H]12. The van der Waals surface area contributed by atoms with Crippen molar-refractivity contribution in [2.75, 3.05) is 0 Å². The number of ketones is 1. The predicted octanol–water partition coefficient (Wildman–Crippen LogP) is 1.44. The predicted molar refractivity (Wildman–Crippen MR) is 76.5 cm³/mol. The van der Waals surface area contributed by atoms with Crippen molar-refractivity contribution in [1.29, 1.82) is 0 Å². The molecule has 2 amide bonds. The first-order valence-electron chi connectivity index (χ1n) is 6.73. The summed E-state index contributed by atoms with van der Waals surface area (Å²) in [6.45, 7) is 5.65. The van der Waals surface area contributed by atoms with Crippen LogP contribution in [0.25, 0.3) is 0 Å².